The molecule has 0 aliphatic rings. The maximum Gasteiger partial charge on any atom is 0.274 e. The minimum Gasteiger partial charge on any atom is -0.465 e. The number of nitrogens with zero attached hydrogens (tertiary/aromatic N) is 3. The van der Waals surface area contributed by atoms with Crippen molar-refractivity contribution in [1.82, 2.24) is 15.0 Å². The Kier molecular flexibility index (Phi) is 2.97. The van der Waals surface area contributed by atoms with Crippen molar-refractivity contribution in [3.05, 3.63) is 60.4 Å². The second-order valence-corrected chi connectivity index (χ2v) is 5.56. The van der Waals surface area contributed by atoms with E-state index in [1.807, 2.05) is 42.5 Å². The van der Waals surface area contributed by atoms with Crippen LogP contribution in [0, 0.1) is 0 Å². The van der Waals surface area contributed by atoms with Crippen LogP contribution in [0.5, 0.6) is 5.19 Å². The zero-order valence-electron chi connectivity index (χ0n) is 11.1. The van der Waals surface area contributed by atoms with E-state index in [9.17, 15) is 0 Å². The Labute approximate surface area is 125 Å². The second kappa shape index (κ2) is 5.10. The quantitative estimate of drug-likeness (QED) is 0.576. The van der Waals surface area contributed by atoms with Crippen molar-refractivity contribution in [2.75, 3.05) is 0 Å². The number of pyridine rings is 2. The highest BCUT2D eigenvalue weighted by Gasteiger charge is 2.10. The molecule has 0 unspecified atom stereocenters. The van der Waals surface area contributed by atoms with Crippen molar-refractivity contribution in [1.29, 1.82) is 0 Å². The molecule has 0 aliphatic heterocycles. The SMILES string of the molecule is c1ccc(COc2nc3cnc4cccnc4c3s2)cc1. The third kappa shape index (κ3) is 2.32. The van der Waals surface area contributed by atoms with Crippen molar-refractivity contribution >= 4 is 32.6 Å². The molecule has 0 radical (unpaired) electrons. The lowest BCUT2D eigenvalue weighted by Gasteiger charge is -2.01. The fourth-order valence-electron chi connectivity index (χ4n) is 2.16. The summed E-state index contributed by atoms with van der Waals surface area (Å²) in [5, 5.41) is 0.647. The van der Waals surface area contributed by atoms with Gasteiger partial charge in [0, 0.05) is 6.20 Å². The van der Waals surface area contributed by atoms with Crippen LogP contribution in [0.25, 0.3) is 21.3 Å². The Morgan fingerprint density at radius 3 is 2.76 bits per heavy atom. The van der Waals surface area contributed by atoms with Crippen LogP contribution in [-0.4, -0.2) is 15.0 Å². The van der Waals surface area contributed by atoms with Crippen LogP contribution in [0.4, 0.5) is 0 Å². The smallest absolute Gasteiger partial charge is 0.274 e. The van der Waals surface area contributed by atoms with E-state index in [-0.39, 0.29) is 0 Å². The molecule has 4 aromatic rings. The van der Waals surface area contributed by atoms with Crippen LogP contribution >= 0.6 is 11.3 Å². The molecule has 4 rings (SSSR count). The molecule has 0 fully saturated rings. The van der Waals surface area contributed by atoms with Crippen LogP contribution in [0.2, 0.25) is 0 Å². The molecule has 0 saturated heterocycles. The highest BCUT2D eigenvalue weighted by atomic mass is 32.1. The van der Waals surface area contributed by atoms with Gasteiger partial charge in [0.15, 0.2) is 0 Å². The van der Waals surface area contributed by atoms with Crippen LogP contribution in [0.3, 0.4) is 0 Å². The lowest BCUT2D eigenvalue weighted by molar-refractivity contribution is 0.305. The summed E-state index contributed by atoms with van der Waals surface area (Å²) in [6.07, 6.45) is 3.54. The van der Waals surface area contributed by atoms with Crippen LogP contribution < -0.4 is 4.74 Å². The summed E-state index contributed by atoms with van der Waals surface area (Å²) in [5.41, 5.74) is 3.71. The average Bonchev–Trinajstić information content (AvgIpc) is 2.97. The number of fused-ring (bicyclic) bond motifs is 3. The van der Waals surface area contributed by atoms with Gasteiger partial charge in [-0.25, -0.2) is 4.98 Å². The van der Waals surface area contributed by atoms with Gasteiger partial charge < -0.3 is 4.74 Å². The summed E-state index contributed by atoms with van der Waals surface area (Å²) < 4.78 is 6.80. The third-order valence-electron chi connectivity index (χ3n) is 3.17. The van der Waals surface area contributed by atoms with E-state index in [0.717, 1.165) is 26.8 Å². The Hall–Kier alpha value is -2.53. The van der Waals surface area contributed by atoms with Gasteiger partial charge in [-0.15, -0.1) is 0 Å². The monoisotopic (exact) mass is 293 g/mol. The van der Waals surface area contributed by atoms with Gasteiger partial charge in [-0.1, -0.05) is 41.7 Å². The molecular weight excluding hydrogens is 282 g/mol. The molecule has 0 N–H and O–H groups in total. The average molecular weight is 293 g/mol. The van der Waals surface area contributed by atoms with E-state index in [2.05, 4.69) is 15.0 Å². The Bertz CT molecular complexity index is 905. The number of thiazole rings is 1. The van der Waals surface area contributed by atoms with Gasteiger partial charge in [-0.3, -0.25) is 9.97 Å². The van der Waals surface area contributed by atoms with E-state index in [4.69, 9.17) is 4.74 Å². The first-order valence-electron chi connectivity index (χ1n) is 6.57. The van der Waals surface area contributed by atoms with Crippen molar-refractivity contribution in [2.24, 2.45) is 0 Å². The summed E-state index contributed by atoms with van der Waals surface area (Å²) in [5.74, 6) is 0. The molecule has 21 heavy (non-hydrogen) atoms. The molecule has 0 saturated carbocycles. The molecule has 0 aliphatic carbocycles. The number of rotatable bonds is 3. The largest absolute Gasteiger partial charge is 0.465 e. The highest BCUT2D eigenvalue weighted by molar-refractivity contribution is 7.21. The van der Waals surface area contributed by atoms with Gasteiger partial charge in [0.25, 0.3) is 5.19 Å². The first-order chi connectivity index (χ1) is 10.4. The molecule has 0 atom stereocenters. The normalized spacial score (nSPS) is 11.0. The Morgan fingerprint density at radius 2 is 1.86 bits per heavy atom. The number of benzene rings is 1. The van der Waals surface area contributed by atoms with Crippen LogP contribution in [0.1, 0.15) is 5.56 Å². The molecule has 1 aromatic carbocycles. The van der Waals surface area contributed by atoms with Gasteiger partial charge in [0.1, 0.15) is 17.6 Å². The molecule has 3 heterocycles. The van der Waals surface area contributed by atoms with Gasteiger partial charge in [-0.05, 0) is 17.7 Å². The van der Waals surface area contributed by atoms with Crippen molar-refractivity contribution in [2.45, 2.75) is 6.61 Å². The van der Waals surface area contributed by atoms with Crippen molar-refractivity contribution < 1.29 is 4.74 Å². The molecule has 102 valence electrons. The summed E-state index contributed by atoms with van der Waals surface area (Å²) in [6.45, 7) is 0.513. The number of aromatic nitrogens is 3. The molecule has 0 bridgehead atoms. The second-order valence-electron chi connectivity index (χ2n) is 4.60. The summed E-state index contributed by atoms with van der Waals surface area (Å²) in [4.78, 5) is 13.2. The lowest BCUT2D eigenvalue weighted by atomic mass is 10.2. The topological polar surface area (TPSA) is 47.9 Å². The number of ether oxygens (including phenoxy) is 1. The minimum atomic E-state index is 0.513. The van der Waals surface area contributed by atoms with Crippen molar-refractivity contribution in [3.8, 4) is 5.19 Å². The van der Waals surface area contributed by atoms with E-state index in [1.54, 1.807) is 12.4 Å². The van der Waals surface area contributed by atoms with E-state index in [0.29, 0.717) is 11.8 Å². The van der Waals surface area contributed by atoms with Gasteiger partial charge in [-0.2, -0.15) is 0 Å². The Morgan fingerprint density at radius 1 is 0.952 bits per heavy atom. The van der Waals surface area contributed by atoms with E-state index in [1.165, 1.54) is 11.3 Å². The molecular formula is C16H11N3OS. The van der Waals surface area contributed by atoms with Crippen LogP contribution in [0.15, 0.2) is 54.9 Å². The summed E-state index contributed by atoms with van der Waals surface area (Å²) in [6, 6.07) is 13.9. The van der Waals surface area contributed by atoms with E-state index < -0.39 is 0 Å². The van der Waals surface area contributed by atoms with Gasteiger partial charge in [0.2, 0.25) is 0 Å². The molecule has 0 spiro atoms. The Balaban J connectivity index is 1.69. The highest BCUT2D eigenvalue weighted by Crippen LogP contribution is 2.31. The van der Waals surface area contributed by atoms with E-state index >= 15 is 0 Å². The first-order valence-corrected chi connectivity index (χ1v) is 7.39. The number of hydrogen-bond acceptors (Lipinski definition) is 5. The zero-order chi connectivity index (χ0) is 14.1. The third-order valence-corrected chi connectivity index (χ3v) is 4.16. The zero-order valence-corrected chi connectivity index (χ0v) is 11.9. The maximum absolute atomic E-state index is 5.78. The molecule has 5 heteroatoms. The summed E-state index contributed by atoms with van der Waals surface area (Å²) >= 11 is 1.51. The van der Waals surface area contributed by atoms with Gasteiger partial charge >= 0.3 is 0 Å². The minimum absolute atomic E-state index is 0.513. The standard InChI is InChI=1S/C16H11N3OS/c1-2-5-11(6-3-1)10-20-16-19-13-9-18-12-7-4-8-17-14(12)15(13)21-16/h1-9H,10H2. The first kappa shape index (κ1) is 12.2. The van der Waals surface area contributed by atoms with Gasteiger partial charge in [0.05, 0.1) is 16.4 Å². The van der Waals surface area contributed by atoms with Crippen LogP contribution in [-0.2, 0) is 6.61 Å². The fraction of sp³-hybridized carbons (Fsp3) is 0.0625. The predicted octanol–water partition coefficient (Wildman–Crippen LogP) is 3.82. The number of hydrogen-bond donors (Lipinski definition) is 0. The lowest BCUT2D eigenvalue weighted by Crippen LogP contribution is -1.93. The predicted molar refractivity (Wildman–Crippen MR) is 83.5 cm³/mol. The molecule has 0 amide bonds. The maximum atomic E-state index is 5.78. The fourth-order valence-corrected chi connectivity index (χ4v) is 3.05. The molecule has 3 aromatic heterocycles. The molecule has 4 nitrogen and oxygen atoms in total. The summed E-state index contributed by atoms with van der Waals surface area (Å²) in [7, 11) is 0. The van der Waals surface area contributed by atoms with Crippen molar-refractivity contribution in [3.63, 3.8) is 0 Å².